The van der Waals surface area contributed by atoms with Crippen LogP contribution in [0.2, 0.25) is 5.02 Å². The minimum Gasteiger partial charge on any atom is -0.351 e. The van der Waals surface area contributed by atoms with Gasteiger partial charge in [0, 0.05) is 56.7 Å². The van der Waals surface area contributed by atoms with E-state index in [4.69, 9.17) is 22.3 Å². The van der Waals surface area contributed by atoms with Gasteiger partial charge in [0.2, 0.25) is 17.8 Å². The van der Waals surface area contributed by atoms with Gasteiger partial charge in [0.05, 0.1) is 16.9 Å². The lowest BCUT2D eigenvalue weighted by Gasteiger charge is -2.37. The number of nitrogens with zero attached hydrogens (tertiary/aromatic N) is 4. The summed E-state index contributed by atoms with van der Waals surface area (Å²) in [5, 5.41) is 3.96. The number of nitrogens with two attached hydrogens (primary N) is 1. The highest BCUT2D eigenvalue weighted by atomic mass is 35.5. The van der Waals surface area contributed by atoms with Crippen molar-refractivity contribution in [2.75, 3.05) is 38.0 Å². The molecule has 3 aromatic rings. The third-order valence-corrected chi connectivity index (χ3v) is 7.96. The number of likely N-dealkylation sites (tertiary alicyclic amines) is 2. The maximum atomic E-state index is 13.1. The Bertz CT molecular complexity index is 1290. The Hall–Kier alpha value is -3.49. The smallest absolute Gasteiger partial charge is 0.225 e. The summed E-state index contributed by atoms with van der Waals surface area (Å²) in [7, 11) is 0. The highest BCUT2D eigenvalue weighted by Gasteiger charge is 2.32. The first-order valence-electron chi connectivity index (χ1n) is 13.7. The van der Waals surface area contributed by atoms with E-state index >= 15 is 0 Å². The van der Waals surface area contributed by atoms with Crippen molar-refractivity contribution in [3.8, 4) is 22.4 Å². The second-order valence-electron chi connectivity index (χ2n) is 10.3. The number of nitrogens with one attached hydrogen (secondary N) is 1. The van der Waals surface area contributed by atoms with Gasteiger partial charge in [-0.05, 0) is 42.9 Å². The van der Waals surface area contributed by atoms with E-state index in [9.17, 15) is 9.59 Å². The predicted molar refractivity (Wildman–Crippen MR) is 154 cm³/mol. The van der Waals surface area contributed by atoms with Crippen LogP contribution >= 0.6 is 11.6 Å². The molecule has 204 valence electrons. The van der Waals surface area contributed by atoms with Gasteiger partial charge in [0.25, 0.3) is 0 Å². The first kappa shape index (κ1) is 27.1. The summed E-state index contributed by atoms with van der Waals surface area (Å²) < 4.78 is 0. The van der Waals surface area contributed by atoms with Crippen molar-refractivity contribution < 1.29 is 9.59 Å². The molecule has 3 heterocycles. The molecule has 39 heavy (non-hydrogen) atoms. The van der Waals surface area contributed by atoms with E-state index in [0.717, 1.165) is 42.4 Å². The summed E-state index contributed by atoms with van der Waals surface area (Å²) in [4.78, 5) is 38.2. The number of hydrogen-bond donors (Lipinski definition) is 2. The van der Waals surface area contributed by atoms with Gasteiger partial charge >= 0.3 is 0 Å². The summed E-state index contributed by atoms with van der Waals surface area (Å²) in [5.74, 6) is 0.832. The molecule has 3 N–H and O–H groups in total. The van der Waals surface area contributed by atoms with Crippen LogP contribution in [0.15, 0.2) is 60.8 Å². The zero-order chi connectivity index (χ0) is 27.2. The fourth-order valence-corrected chi connectivity index (χ4v) is 5.66. The average Bonchev–Trinajstić information content (AvgIpc) is 2.99. The molecular formula is C30H35ClN6O2. The van der Waals surface area contributed by atoms with Gasteiger partial charge in [-0.1, -0.05) is 60.1 Å². The molecule has 2 saturated heterocycles. The Morgan fingerprint density at radius 2 is 1.56 bits per heavy atom. The van der Waals surface area contributed by atoms with Gasteiger partial charge < -0.3 is 20.9 Å². The zero-order valence-corrected chi connectivity index (χ0v) is 22.8. The monoisotopic (exact) mass is 546 g/mol. The van der Waals surface area contributed by atoms with Crippen molar-refractivity contribution >= 4 is 29.4 Å². The van der Waals surface area contributed by atoms with Gasteiger partial charge in [0.15, 0.2) is 0 Å². The van der Waals surface area contributed by atoms with Crippen LogP contribution in [0.1, 0.15) is 32.1 Å². The Balaban J connectivity index is 1.17. The number of amides is 2. The highest BCUT2D eigenvalue weighted by molar-refractivity contribution is 6.32. The van der Waals surface area contributed by atoms with E-state index in [1.54, 1.807) is 6.20 Å². The fraction of sp³-hybridized carbons (Fsp3) is 0.400. The third-order valence-electron chi connectivity index (χ3n) is 7.68. The normalized spacial score (nSPS) is 16.8. The van der Waals surface area contributed by atoms with Gasteiger partial charge in [-0.2, -0.15) is 0 Å². The summed E-state index contributed by atoms with van der Waals surface area (Å²) in [6, 6.07) is 18.6. The van der Waals surface area contributed by atoms with Crippen LogP contribution in [-0.4, -0.2) is 70.3 Å². The lowest BCUT2D eigenvalue weighted by atomic mass is 9.93. The van der Waals surface area contributed by atoms with Crippen molar-refractivity contribution in [2.45, 2.75) is 38.1 Å². The van der Waals surface area contributed by atoms with E-state index in [-0.39, 0.29) is 23.8 Å². The van der Waals surface area contributed by atoms with Crippen LogP contribution < -0.4 is 11.1 Å². The number of aromatic nitrogens is 2. The quantitative estimate of drug-likeness (QED) is 0.453. The molecule has 0 saturated carbocycles. The molecule has 5 rings (SSSR count). The molecule has 2 aliphatic heterocycles. The Morgan fingerprint density at radius 1 is 0.897 bits per heavy atom. The van der Waals surface area contributed by atoms with E-state index in [1.165, 1.54) is 0 Å². The van der Waals surface area contributed by atoms with Crippen LogP contribution in [-0.2, 0) is 9.59 Å². The van der Waals surface area contributed by atoms with Gasteiger partial charge in [-0.25, -0.2) is 9.97 Å². The molecule has 9 heteroatoms. The lowest BCUT2D eigenvalue weighted by Crippen LogP contribution is -2.48. The van der Waals surface area contributed by atoms with Crippen LogP contribution in [0, 0.1) is 5.92 Å². The highest BCUT2D eigenvalue weighted by Crippen LogP contribution is 2.30. The molecule has 0 bridgehead atoms. The van der Waals surface area contributed by atoms with Gasteiger partial charge in [-0.3, -0.25) is 9.59 Å². The number of carbonyl (C=O) groups excluding carboxylic acids is 2. The average molecular weight is 547 g/mol. The van der Waals surface area contributed by atoms with Crippen molar-refractivity contribution in [3.05, 3.63) is 65.8 Å². The maximum Gasteiger partial charge on any atom is 0.225 e. The van der Waals surface area contributed by atoms with E-state index in [0.29, 0.717) is 55.8 Å². The molecule has 1 aromatic heterocycles. The lowest BCUT2D eigenvalue weighted by molar-refractivity contribution is -0.141. The van der Waals surface area contributed by atoms with Crippen molar-refractivity contribution in [3.63, 3.8) is 0 Å². The molecule has 8 nitrogen and oxygen atoms in total. The molecule has 0 radical (unpaired) electrons. The number of anilines is 1. The summed E-state index contributed by atoms with van der Waals surface area (Å²) in [6.45, 7) is 3.03. The third kappa shape index (κ3) is 6.57. The first-order valence-corrected chi connectivity index (χ1v) is 14.1. The Morgan fingerprint density at radius 3 is 2.28 bits per heavy atom. The second-order valence-corrected chi connectivity index (χ2v) is 10.7. The van der Waals surface area contributed by atoms with Gasteiger partial charge in [0.1, 0.15) is 0 Å². The largest absolute Gasteiger partial charge is 0.351 e. The molecule has 2 fully saturated rings. The van der Waals surface area contributed by atoms with Crippen molar-refractivity contribution in [2.24, 2.45) is 11.7 Å². The molecule has 0 unspecified atom stereocenters. The number of halogens is 1. The summed E-state index contributed by atoms with van der Waals surface area (Å²) in [6.07, 6.45) is 5.11. The molecule has 0 aliphatic carbocycles. The molecule has 2 amide bonds. The number of rotatable bonds is 7. The SMILES string of the molecule is NCCC(=O)N1CCC(C(=O)N2CCC(Nc3ncc(Cl)c(-c4cccc(-c5ccccc5)c4)n3)CC2)CC1. The van der Waals surface area contributed by atoms with Crippen LogP contribution in [0.3, 0.4) is 0 Å². The predicted octanol–water partition coefficient (Wildman–Crippen LogP) is 4.45. The molecule has 2 aliphatic rings. The first-order chi connectivity index (χ1) is 19.0. The standard InChI is InChI=1S/C30H35ClN6O2/c31-26-20-33-30(35-28(26)24-8-4-7-23(19-24)21-5-2-1-3-6-21)34-25-12-17-37(18-13-25)29(39)22-10-15-36(16-11-22)27(38)9-14-32/h1-8,19-20,22,25H,9-18,32H2,(H,33,34,35). The van der Waals surface area contributed by atoms with E-state index in [1.807, 2.05) is 40.1 Å². The van der Waals surface area contributed by atoms with Crippen LogP contribution in [0.25, 0.3) is 22.4 Å². The van der Waals surface area contributed by atoms with Gasteiger partial charge in [-0.15, -0.1) is 0 Å². The van der Waals surface area contributed by atoms with E-state index in [2.05, 4.69) is 34.6 Å². The molecular weight excluding hydrogens is 512 g/mol. The fourth-order valence-electron chi connectivity index (χ4n) is 5.46. The summed E-state index contributed by atoms with van der Waals surface area (Å²) >= 11 is 6.52. The second kappa shape index (κ2) is 12.6. The number of carbonyl (C=O) groups is 2. The van der Waals surface area contributed by atoms with Crippen LogP contribution in [0.5, 0.6) is 0 Å². The minimum absolute atomic E-state index is 0.00904. The summed E-state index contributed by atoms with van der Waals surface area (Å²) in [5.41, 5.74) is 9.37. The number of benzene rings is 2. The Kier molecular flexibility index (Phi) is 8.74. The molecule has 2 aromatic carbocycles. The zero-order valence-electron chi connectivity index (χ0n) is 22.1. The molecule has 0 spiro atoms. The topological polar surface area (TPSA) is 104 Å². The van der Waals surface area contributed by atoms with Crippen LogP contribution in [0.4, 0.5) is 5.95 Å². The number of piperidine rings is 2. The van der Waals surface area contributed by atoms with Crippen molar-refractivity contribution in [1.82, 2.24) is 19.8 Å². The molecule has 0 atom stereocenters. The maximum absolute atomic E-state index is 13.1. The minimum atomic E-state index is -0.00904. The number of hydrogen-bond acceptors (Lipinski definition) is 6. The van der Waals surface area contributed by atoms with Crippen molar-refractivity contribution in [1.29, 1.82) is 0 Å². The van der Waals surface area contributed by atoms with E-state index < -0.39 is 0 Å². The Labute approximate surface area is 234 Å².